The van der Waals surface area contributed by atoms with E-state index in [0.29, 0.717) is 0 Å². The summed E-state index contributed by atoms with van der Waals surface area (Å²) < 4.78 is 12.8. The third kappa shape index (κ3) is 8.46. The van der Waals surface area contributed by atoms with Gasteiger partial charge in [-0.25, -0.2) is 4.57 Å². The number of aliphatic hydroxyl groups excluding tert-OH is 1. The molecule has 1 aromatic rings. The molecular weight excluding hydrogens is 384 g/mol. The minimum absolute atomic E-state index is 0. The molecule has 4 N–H and O–H groups in total. The van der Waals surface area contributed by atoms with Gasteiger partial charge in [-0.15, -0.1) is 6.42 Å². The van der Waals surface area contributed by atoms with Crippen molar-refractivity contribution in [1.82, 2.24) is 5.32 Å². The van der Waals surface area contributed by atoms with Crippen molar-refractivity contribution in [2.24, 2.45) is 0 Å². The van der Waals surface area contributed by atoms with E-state index in [-0.39, 0.29) is 63.8 Å². The summed E-state index contributed by atoms with van der Waals surface area (Å²) in [4.78, 5) is 28.9. The van der Waals surface area contributed by atoms with Crippen LogP contribution in [0, 0.1) is 5.66 Å². The number of rotatable bonds is 7. The number of pyridine rings is 1. The van der Waals surface area contributed by atoms with Crippen LogP contribution >= 0.6 is 7.60 Å². The van der Waals surface area contributed by atoms with E-state index in [2.05, 4.69) is 5.32 Å². The maximum atomic E-state index is 11.1. The fourth-order valence-electron chi connectivity index (χ4n) is 1.76. The maximum absolute atomic E-state index is 11.1. The van der Waals surface area contributed by atoms with Gasteiger partial charge in [-0.3, -0.25) is 9.36 Å². The van der Waals surface area contributed by atoms with Gasteiger partial charge >= 0.3 is 0 Å². The molecule has 0 aromatic carbocycles. The van der Waals surface area contributed by atoms with Gasteiger partial charge in [-0.2, -0.15) is 12.6 Å². The predicted octanol–water partition coefficient (Wildman–Crippen LogP) is -0.259. The zero-order chi connectivity index (χ0) is 16.0. The first-order valence-corrected chi connectivity index (χ1v) is 8.08. The van der Waals surface area contributed by atoms with E-state index in [1.54, 1.807) is 29.1 Å². The smallest absolute Gasteiger partial charge is 0.216 e. The number of amides is 1. The molecule has 0 aliphatic heterocycles. The molecule has 1 radical (unpaired) electrons. The van der Waals surface area contributed by atoms with E-state index in [1.165, 1.54) is 13.8 Å². The van der Waals surface area contributed by atoms with Gasteiger partial charge in [-0.1, -0.05) is 0 Å². The van der Waals surface area contributed by atoms with Crippen LogP contribution in [0.1, 0.15) is 19.4 Å². The van der Waals surface area contributed by atoms with Gasteiger partial charge in [0.05, 0.1) is 0 Å². The number of nitrogens with zero attached hydrogens (tertiary/aromatic N) is 1. The van der Waals surface area contributed by atoms with Crippen molar-refractivity contribution in [2.75, 3.05) is 6.54 Å². The Morgan fingerprint density at radius 3 is 2.68 bits per heavy atom. The summed E-state index contributed by atoms with van der Waals surface area (Å²) in [5.74, 6) is -0.209. The molecule has 0 aliphatic carbocycles. The van der Waals surface area contributed by atoms with E-state index in [0.717, 1.165) is 5.56 Å². The predicted molar refractivity (Wildman–Crippen MR) is 76.0 cm³/mol. The van der Waals surface area contributed by atoms with Gasteiger partial charge < -0.3 is 20.2 Å². The van der Waals surface area contributed by atoms with Crippen LogP contribution in [0.2, 0.25) is 0 Å². The molecule has 1 unspecified atom stereocenters. The van der Waals surface area contributed by atoms with Crippen molar-refractivity contribution in [3.8, 4) is 0 Å². The zero-order valence-corrected chi connectivity index (χ0v) is 16.4. The van der Waals surface area contributed by atoms with Crippen LogP contribution < -0.4 is 9.88 Å². The van der Waals surface area contributed by atoms with E-state index in [4.69, 9.17) is 9.79 Å². The Bertz CT molecular complexity index is 537. The summed E-state index contributed by atoms with van der Waals surface area (Å²) >= 11 is 0. The summed E-state index contributed by atoms with van der Waals surface area (Å²) in [5.41, 5.74) is 0.837. The normalized spacial score (nSPS) is 12.6. The number of hydrogen-bond acceptors (Lipinski definition) is 3. The van der Waals surface area contributed by atoms with Crippen LogP contribution in [-0.2, 0) is 55.0 Å². The molecule has 1 rings (SSSR count). The molecule has 0 bridgehead atoms. The number of nitrogens with one attached hydrogen (secondary N) is 1. The topological polar surface area (TPSA) is 111 Å². The monoisotopic (exact) mass is 405 g/mol. The molecule has 0 spiro atoms. The van der Waals surface area contributed by atoms with Crippen LogP contribution in [0.25, 0.3) is 0 Å². The molecule has 22 heavy (non-hydrogen) atoms. The Balaban J connectivity index is 0.00000441. The summed E-state index contributed by atoms with van der Waals surface area (Å²) in [7, 11) is -4.18. The number of carbonyl (C=O) groups is 1. The first-order valence-electron chi connectivity index (χ1n) is 6.47. The Kier molecular flexibility index (Phi) is 9.78. The molecule has 0 aliphatic rings. The number of hydrogen-bond donors (Lipinski definition) is 4. The van der Waals surface area contributed by atoms with Crippen LogP contribution in [0.5, 0.6) is 0 Å². The van der Waals surface area contributed by atoms with Crippen molar-refractivity contribution >= 4 is 13.5 Å². The Labute approximate surface area is 155 Å². The van der Waals surface area contributed by atoms with Crippen molar-refractivity contribution < 1.29 is 61.5 Å². The first kappa shape index (κ1) is 21.8. The van der Waals surface area contributed by atoms with Crippen LogP contribution in [0.15, 0.2) is 24.5 Å². The molecule has 1 atom stereocenters. The standard InChI is InChI=1S/C13H21N2O5P.Y/c1-10(21(18,19)20)6-12-4-3-5-15(8-12)9-13(17)7-14-11(2)16;/h3-5,8,13,17H,6-7,9H2,1-2H3,(H,14,16)(H2,18,19,20);. The average Bonchev–Trinajstić information content (AvgIpc) is 2.35. The second-order valence-corrected chi connectivity index (χ2v) is 6.81. The van der Waals surface area contributed by atoms with Gasteiger partial charge in [0, 0.05) is 52.2 Å². The Morgan fingerprint density at radius 2 is 2.14 bits per heavy atom. The second kappa shape index (κ2) is 9.86. The van der Waals surface area contributed by atoms with Crippen molar-refractivity contribution in [2.45, 2.75) is 32.9 Å². The van der Waals surface area contributed by atoms with E-state index in [1.807, 2.05) is 0 Å². The summed E-state index contributed by atoms with van der Waals surface area (Å²) in [5, 5.41) is 12.3. The van der Waals surface area contributed by atoms with Gasteiger partial charge in [0.2, 0.25) is 5.91 Å². The SMILES string of the molecule is CC(=O)NCC(O)C[n+]1cccc(C[C-](C)P(=O)(O)O)c1.[Y]. The van der Waals surface area contributed by atoms with Gasteiger partial charge in [0.25, 0.3) is 0 Å². The van der Waals surface area contributed by atoms with E-state index >= 15 is 0 Å². The minimum atomic E-state index is -4.18. The maximum Gasteiger partial charge on any atom is 0.216 e. The fourth-order valence-corrected chi connectivity index (χ4v) is 2.15. The van der Waals surface area contributed by atoms with Crippen LogP contribution in [-0.4, -0.2) is 33.4 Å². The molecule has 121 valence electrons. The Hall–Kier alpha value is -0.166. The quantitative estimate of drug-likeness (QED) is 0.284. The van der Waals surface area contributed by atoms with Crippen molar-refractivity contribution in [1.29, 1.82) is 0 Å². The molecule has 7 nitrogen and oxygen atoms in total. The summed E-state index contributed by atoms with van der Waals surface area (Å²) in [6.07, 6.45) is 2.90. The summed E-state index contributed by atoms with van der Waals surface area (Å²) in [6, 6.07) is 3.50. The number of carbonyl (C=O) groups excluding carboxylic acids is 1. The molecule has 9 heteroatoms. The van der Waals surface area contributed by atoms with Crippen molar-refractivity contribution in [3.05, 3.63) is 35.7 Å². The number of aliphatic hydroxyl groups is 1. The molecule has 1 amide bonds. The zero-order valence-electron chi connectivity index (χ0n) is 12.6. The average molecular weight is 405 g/mol. The molecule has 0 fully saturated rings. The van der Waals surface area contributed by atoms with Gasteiger partial charge in [0.15, 0.2) is 26.5 Å². The molecular formula is C13H21N2O5PY. The van der Waals surface area contributed by atoms with Crippen LogP contribution in [0.3, 0.4) is 0 Å². The van der Waals surface area contributed by atoms with Crippen LogP contribution in [0.4, 0.5) is 0 Å². The molecule has 1 aromatic heterocycles. The Morgan fingerprint density at radius 1 is 1.50 bits per heavy atom. The third-order valence-electron chi connectivity index (χ3n) is 2.88. The van der Waals surface area contributed by atoms with E-state index < -0.39 is 13.7 Å². The second-order valence-electron chi connectivity index (χ2n) is 4.96. The minimum Gasteiger partial charge on any atom is -0.385 e. The molecule has 1 heterocycles. The number of aromatic nitrogens is 1. The van der Waals surface area contributed by atoms with E-state index in [9.17, 15) is 14.5 Å². The molecule has 0 saturated heterocycles. The van der Waals surface area contributed by atoms with Crippen molar-refractivity contribution in [3.63, 3.8) is 0 Å². The fraction of sp³-hybridized carbons (Fsp3) is 0.462. The first-order chi connectivity index (χ1) is 9.68. The third-order valence-corrected chi connectivity index (χ3v) is 4.04. The van der Waals surface area contributed by atoms with Gasteiger partial charge in [0.1, 0.15) is 6.10 Å². The molecule has 0 saturated carbocycles. The largest absolute Gasteiger partial charge is 0.385 e. The van der Waals surface area contributed by atoms with Gasteiger partial charge in [-0.05, 0) is 11.6 Å². The summed E-state index contributed by atoms with van der Waals surface area (Å²) in [6.45, 7) is 3.23.